The maximum Gasteiger partial charge on any atom is 0.250 e. The Balaban J connectivity index is 1.74. The normalized spacial score (nSPS) is 11.1. The number of hydrogen-bond acceptors (Lipinski definition) is 4. The first-order valence-corrected chi connectivity index (χ1v) is 8.95. The van der Waals surface area contributed by atoms with Gasteiger partial charge in [-0.1, -0.05) is 6.07 Å². The summed E-state index contributed by atoms with van der Waals surface area (Å²) in [5, 5.41) is 8.09. The minimum absolute atomic E-state index is 0.0831. The van der Waals surface area contributed by atoms with Crippen LogP contribution in [0.1, 0.15) is 26.0 Å². The number of pyridine rings is 1. The van der Waals surface area contributed by atoms with Gasteiger partial charge in [-0.2, -0.15) is 5.10 Å². The average Bonchev–Trinajstić information content (AvgIpc) is 2.89. The largest absolute Gasteiger partial charge is 0.491 e. The molecule has 0 fully saturated rings. The zero-order valence-corrected chi connectivity index (χ0v) is 16.0. The van der Waals surface area contributed by atoms with Crippen LogP contribution in [0.5, 0.6) is 5.75 Å². The molecule has 0 saturated carbocycles. The van der Waals surface area contributed by atoms with E-state index in [0.29, 0.717) is 12.4 Å². The number of hydrogen-bond donors (Lipinski definition) is 1. The maximum atomic E-state index is 12.4. The van der Waals surface area contributed by atoms with Gasteiger partial charge in [-0.3, -0.25) is 14.3 Å². The van der Waals surface area contributed by atoms with Gasteiger partial charge in [0.15, 0.2) is 5.82 Å². The molecule has 2 heterocycles. The average molecular weight is 368 g/mol. The molecule has 7 heteroatoms. The van der Waals surface area contributed by atoms with E-state index >= 15 is 0 Å². The molecule has 0 spiro atoms. The van der Waals surface area contributed by atoms with E-state index in [4.69, 9.17) is 4.74 Å². The van der Waals surface area contributed by atoms with Crippen LogP contribution >= 0.6 is 0 Å². The first-order valence-electron chi connectivity index (χ1n) is 8.95. The second-order valence-electron chi connectivity index (χ2n) is 6.77. The number of benzene rings is 1. The van der Waals surface area contributed by atoms with Crippen LogP contribution in [0.3, 0.4) is 0 Å². The molecule has 1 amide bonds. The molecule has 27 heavy (non-hydrogen) atoms. The summed E-state index contributed by atoms with van der Waals surface area (Å²) in [6.07, 6.45) is 0.275. The maximum absolute atomic E-state index is 12.4. The molecule has 142 valence electrons. The van der Waals surface area contributed by atoms with E-state index < -0.39 is 0 Å². The van der Waals surface area contributed by atoms with Gasteiger partial charge in [0.05, 0.1) is 11.6 Å². The number of nitrogens with zero attached hydrogens (tertiary/aromatic N) is 3. The van der Waals surface area contributed by atoms with Crippen molar-refractivity contribution in [3.05, 3.63) is 52.4 Å². The van der Waals surface area contributed by atoms with Crippen molar-refractivity contribution in [3.63, 3.8) is 0 Å². The fraction of sp³-hybridized carbons (Fsp3) is 0.350. The predicted octanol–water partition coefficient (Wildman–Crippen LogP) is 2.86. The molecule has 0 aliphatic rings. The Kier molecular flexibility index (Phi) is 5.30. The third-order valence-electron chi connectivity index (χ3n) is 4.28. The van der Waals surface area contributed by atoms with Crippen LogP contribution in [0.4, 0.5) is 5.82 Å². The molecule has 0 radical (unpaired) electrons. The topological polar surface area (TPSA) is 78.2 Å². The second kappa shape index (κ2) is 7.65. The highest BCUT2D eigenvalue weighted by molar-refractivity contribution is 6.00. The second-order valence-corrected chi connectivity index (χ2v) is 6.77. The minimum atomic E-state index is -0.187. The summed E-state index contributed by atoms with van der Waals surface area (Å²) in [5.41, 5.74) is 1.60. The third kappa shape index (κ3) is 4.19. The van der Waals surface area contributed by atoms with Gasteiger partial charge in [0.1, 0.15) is 5.75 Å². The smallest absolute Gasteiger partial charge is 0.250 e. The van der Waals surface area contributed by atoms with Gasteiger partial charge in [0.25, 0.3) is 5.56 Å². The van der Waals surface area contributed by atoms with Crippen LogP contribution in [0.25, 0.3) is 10.9 Å². The van der Waals surface area contributed by atoms with Crippen molar-refractivity contribution in [1.82, 2.24) is 14.3 Å². The molecule has 1 N–H and O–H groups in total. The van der Waals surface area contributed by atoms with Gasteiger partial charge in [0, 0.05) is 43.2 Å². The first kappa shape index (κ1) is 18.7. The molecule has 0 bridgehead atoms. The summed E-state index contributed by atoms with van der Waals surface area (Å²) in [4.78, 5) is 24.3. The number of rotatable bonds is 6. The minimum Gasteiger partial charge on any atom is -0.491 e. The van der Waals surface area contributed by atoms with Gasteiger partial charge in [0.2, 0.25) is 5.91 Å². The standard InChI is InChI=1S/C20H24N4O3/c1-13(2)27-15-8-9-16-17(12-15)23(4)22-20(16)21-18(25)10-11-24-14(3)6-5-7-19(24)26/h5-9,12-13H,10-11H2,1-4H3,(H,21,22,25). The monoisotopic (exact) mass is 368 g/mol. The number of fused-ring (bicyclic) bond motifs is 1. The number of nitrogens with one attached hydrogen (secondary N) is 1. The van der Waals surface area contributed by atoms with Gasteiger partial charge in [-0.05, 0) is 39.0 Å². The van der Waals surface area contributed by atoms with E-state index in [-0.39, 0.29) is 24.0 Å². The zero-order chi connectivity index (χ0) is 19.6. The van der Waals surface area contributed by atoms with Crippen molar-refractivity contribution in [2.24, 2.45) is 7.05 Å². The lowest BCUT2D eigenvalue weighted by molar-refractivity contribution is -0.116. The van der Waals surface area contributed by atoms with Crippen molar-refractivity contribution in [1.29, 1.82) is 0 Å². The lowest BCUT2D eigenvalue weighted by atomic mass is 10.2. The molecular formula is C20H24N4O3. The molecule has 2 aromatic heterocycles. The van der Waals surface area contributed by atoms with Crippen LogP contribution in [0, 0.1) is 6.92 Å². The van der Waals surface area contributed by atoms with Crippen LogP contribution < -0.4 is 15.6 Å². The molecule has 0 atom stereocenters. The molecular weight excluding hydrogens is 344 g/mol. The van der Waals surface area contributed by atoms with E-state index in [1.807, 2.05) is 52.1 Å². The Morgan fingerprint density at radius 2 is 2.04 bits per heavy atom. The van der Waals surface area contributed by atoms with Crippen LogP contribution in [0.15, 0.2) is 41.2 Å². The van der Waals surface area contributed by atoms with Crippen LogP contribution in [0.2, 0.25) is 0 Å². The van der Waals surface area contributed by atoms with Crippen LogP contribution in [-0.4, -0.2) is 26.4 Å². The fourth-order valence-corrected chi connectivity index (χ4v) is 2.99. The Hall–Kier alpha value is -3.09. The zero-order valence-electron chi connectivity index (χ0n) is 16.0. The number of anilines is 1. The Bertz CT molecular complexity index is 1030. The summed E-state index contributed by atoms with van der Waals surface area (Å²) in [6.45, 7) is 6.12. The van der Waals surface area contributed by atoms with Crippen molar-refractivity contribution < 1.29 is 9.53 Å². The molecule has 7 nitrogen and oxygen atoms in total. The molecule has 3 rings (SSSR count). The van der Waals surface area contributed by atoms with Gasteiger partial charge in [-0.15, -0.1) is 0 Å². The van der Waals surface area contributed by atoms with Gasteiger partial charge < -0.3 is 14.6 Å². The predicted molar refractivity (Wildman–Crippen MR) is 105 cm³/mol. The third-order valence-corrected chi connectivity index (χ3v) is 4.28. The number of carbonyl (C=O) groups excluding carboxylic acids is 1. The summed E-state index contributed by atoms with van der Waals surface area (Å²) >= 11 is 0. The number of ether oxygens (including phenoxy) is 1. The van der Waals surface area contributed by atoms with E-state index in [1.54, 1.807) is 15.3 Å². The van der Waals surface area contributed by atoms with Crippen molar-refractivity contribution >= 4 is 22.6 Å². The summed E-state index contributed by atoms with van der Waals surface area (Å²) in [5.74, 6) is 1.08. The van der Waals surface area contributed by atoms with Gasteiger partial charge >= 0.3 is 0 Å². The van der Waals surface area contributed by atoms with E-state index in [0.717, 1.165) is 22.3 Å². The molecule has 3 aromatic rings. The quantitative estimate of drug-likeness (QED) is 0.726. The fourth-order valence-electron chi connectivity index (χ4n) is 2.99. The van der Waals surface area contributed by atoms with Crippen molar-refractivity contribution in [2.75, 3.05) is 5.32 Å². The van der Waals surface area contributed by atoms with E-state index in [2.05, 4.69) is 10.4 Å². The summed E-state index contributed by atoms with van der Waals surface area (Å²) < 4.78 is 9.02. The Labute approximate surface area is 157 Å². The summed E-state index contributed by atoms with van der Waals surface area (Å²) in [6, 6.07) is 10.7. The van der Waals surface area contributed by atoms with E-state index in [1.165, 1.54) is 6.07 Å². The van der Waals surface area contributed by atoms with E-state index in [9.17, 15) is 9.59 Å². The SMILES string of the molecule is Cc1cccc(=O)n1CCC(=O)Nc1nn(C)c2cc(OC(C)C)ccc12. The number of carbonyl (C=O) groups is 1. The first-order chi connectivity index (χ1) is 12.8. The highest BCUT2D eigenvalue weighted by atomic mass is 16.5. The highest BCUT2D eigenvalue weighted by Gasteiger charge is 2.13. The van der Waals surface area contributed by atoms with Crippen molar-refractivity contribution in [2.45, 2.75) is 39.8 Å². The molecule has 0 saturated heterocycles. The van der Waals surface area contributed by atoms with Gasteiger partial charge in [-0.25, -0.2) is 0 Å². The summed E-state index contributed by atoms with van der Waals surface area (Å²) in [7, 11) is 1.82. The molecule has 0 unspecified atom stereocenters. The number of aryl methyl sites for hydroxylation is 2. The van der Waals surface area contributed by atoms with Crippen molar-refractivity contribution in [3.8, 4) is 5.75 Å². The molecule has 0 aliphatic carbocycles. The molecule has 0 aliphatic heterocycles. The number of amides is 1. The molecule has 1 aromatic carbocycles. The number of aromatic nitrogens is 3. The Morgan fingerprint density at radius 1 is 1.26 bits per heavy atom. The highest BCUT2D eigenvalue weighted by Crippen LogP contribution is 2.27. The Morgan fingerprint density at radius 3 is 2.74 bits per heavy atom. The lowest BCUT2D eigenvalue weighted by Gasteiger charge is -2.10. The lowest BCUT2D eigenvalue weighted by Crippen LogP contribution is -2.24. The van der Waals surface area contributed by atoms with Crippen LogP contribution in [-0.2, 0) is 18.4 Å².